The van der Waals surface area contributed by atoms with E-state index in [1.165, 1.54) is 12.1 Å². The number of aliphatic hydroxyl groups excluding tert-OH is 5. The summed E-state index contributed by atoms with van der Waals surface area (Å²) in [5.41, 5.74) is 0.477. The zero-order chi connectivity index (χ0) is 18.5. The second kappa shape index (κ2) is 6.39. The highest BCUT2D eigenvalue weighted by atomic mass is 16.7. The lowest BCUT2D eigenvalue weighted by Crippen LogP contribution is -2.60. The molecule has 3 rings (SSSR count). The summed E-state index contributed by atoms with van der Waals surface area (Å²) in [7, 11) is 0. The highest BCUT2D eigenvalue weighted by Gasteiger charge is 2.46. The van der Waals surface area contributed by atoms with E-state index in [0.717, 1.165) is 0 Å². The van der Waals surface area contributed by atoms with Crippen molar-refractivity contribution in [2.45, 2.75) is 62.5 Å². The Labute approximate surface area is 144 Å². The maximum atomic E-state index is 10.3. The van der Waals surface area contributed by atoms with Gasteiger partial charge in [0.25, 0.3) is 0 Å². The minimum absolute atomic E-state index is 0.0395. The smallest absolute Gasteiger partial charge is 0.229 e. The fraction of sp³-hybridized carbons (Fsp3) is 0.647. The summed E-state index contributed by atoms with van der Waals surface area (Å²) < 4.78 is 11.0. The molecule has 25 heavy (non-hydrogen) atoms. The van der Waals surface area contributed by atoms with Crippen LogP contribution in [-0.4, -0.2) is 74.1 Å². The van der Waals surface area contributed by atoms with Crippen LogP contribution in [0.5, 0.6) is 11.5 Å². The van der Waals surface area contributed by atoms with E-state index in [1.807, 2.05) is 0 Å². The molecule has 0 amide bonds. The topological polar surface area (TPSA) is 140 Å². The molecule has 0 bridgehead atoms. The average molecular weight is 356 g/mol. The van der Waals surface area contributed by atoms with Gasteiger partial charge in [-0.25, -0.2) is 0 Å². The van der Waals surface area contributed by atoms with Crippen LogP contribution in [0, 0.1) is 0 Å². The van der Waals surface area contributed by atoms with Crippen LogP contribution >= 0.6 is 0 Å². The monoisotopic (exact) mass is 356 g/mol. The first kappa shape index (κ1) is 18.4. The molecule has 0 radical (unpaired) electrons. The van der Waals surface area contributed by atoms with Crippen molar-refractivity contribution in [1.29, 1.82) is 0 Å². The molecule has 1 heterocycles. The molecule has 1 aliphatic carbocycles. The minimum atomic E-state index is -1.54. The maximum Gasteiger partial charge on any atom is 0.229 e. The standard InChI is InChI=1S/C17H24O8/c1-17(2)11(20)5-7-9(4-3-8(19)12(7)17)24-16-15(23)14(22)13(21)10(6-18)25-16/h3-4,10-11,13-16,18-23H,5-6H2,1-2H3. The molecule has 140 valence electrons. The number of rotatable bonds is 3. The molecule has 6 unspecified atom stereocenters. The lowest BCUT2D eigenvalue weighted by molar-refractivity contribution is -0.277. The van der Waals surface area contributed by atoms with E-state index in [9.17, 15) is 30.6 Å². The molecule has 1 fully saturated rings. The van der Waals surface area contributed by atoms with E-state index >= 15 is 0 Å². The van der Waals surface area contributed by atoms with Gasteiger partial charge in [0.2, 0.25) is 6.29 Å². The number of benzene rings is 1. The molecule has 1 aliphatic heterocycles. The predicted molar refractivity (Wildman–Crippen MR) is 85.2 cm³/mol. The summed E-state index contributed by atoms with van der Waals surface area (Å²) in [5.74, 6) is 0.333. The number of hydrogen-bond acceptors (Lipinski definition) is 8. The fourth-order valence-corrected chi connectivity index (χ4v) is 3.55. The number of aliphatic hydroxyl groups is 5. The average Bonchev–Trinajstić information content (AvgIpc) is 2.81. The Morgan fingerprint density at radius 2 is 1.80 bits per heavy atom. The number of phenolic OH excluding ortho intramolecular Hbond substituents is 1. The number of phenols is 1. The first-order valence-electron chi connectivity index (χ1n) is 8.19. The highest BCUT2D eigenvalue weighted by Crippen LogP contribution is 2.47. The fourth-order valence-electron chi connectivity index (χ4n) is 3.55. The zero-order valence-corrected chi connectivity index (χ0v) is 14.0. The number of ether oxygens (including phenoxy) is 2. The van der Waals surface area contributed by atoms with Gasteiger partial charge >= 0.3 is 0 Å². The van der Waals surface area contributed by atoms with Crippen molar-refractivity contribution in [2.24, 2.45) is 0 Å². The Hall–Kier alpha value is -1.42. The van der Waals surface area contributed by atoms with Gasteiger partial charge < -0.3 is 40.1 Å². The van der Waals surface area contributed by atoms with Crippen molar-refractivity contribution in [3.8, 4) is 11.5 Å². The molecule has 1 saturated heterocycles. The molecule has 0 spiro atoms. The zero-order valence-electron chi connectivity index (χ0n) is 14.0. The Morgan fingerprint density at radius 3 is 2.44 bits per heavy atom. The van der Waals surface area contributed by atoms with Crippen LogP contribution < -0.4 is 4.74 Å². The van der Waals surface area contributed by atoms with Crippen LogP contribution in [0.1, 0.15) is 25.0 Å². The molecule has 6 N–H and O–H groups in total. The molecule has 1 aromatic carbocycles. The molecule has 0 saturated carbocycles. The van der Waals surface area contributed by atoms with Gasteiger partial charge in [-0.05, 0) is 12.1 Å². The third-order valence-electron chi connectivity index (χ3n) is 5.21. The van der Waals surface area contributed by atoms with Crippen molar-refractivity contribution in [1.82, 2.24) is 0 Å². The van der Waals surface area contributed by atoms with E-state index in [2.05, 4.69) is 0 Å². The molecular formula is C17H24O8. The lowest BCUT2D eigenvalue weighted by atomic mass is 9.84. The third-order valence-corrected chi connectivity index (χ3v) is 5.21. The maximum absolute atomic E-state index is 10.3. The molecule has 6 atom stereocenters. The van der Waals surface area contributed by atoms with Gasteiger partial charge in [0.1, 0.15) is 35.9 Å². The second-order valence-corrected chi connectivity index (χ2v) is 7.19. The Kier molecular flexibility index (Phi) is 4.69. The van der Waals surface area contributed by atoms with E-state index in [4.69, 9.17) is 9.47 Å². The van der Waals surface area contributed by atoms with Gasteiger partial charge in [-0.3, -0.25) is 0 Å². The Balaban J connectivity index is 1.91. The van der Waals surface area contributed by atoms with Crippen molar-refractivity contribution < 1.29 is 40.1 Å². The molecule has 8 nitrogen and oxygen atoms in total. The molecule has 1 aromatic rings. The SMILES string of the molecule is CC1(C)c2c(O)ccc(OC3OC(CO)C(O)C(O)C3O)c2CC1O. The van der Waals surface area contributed by atoms with Crippen molar-refractivity contribution >= 4 is 0 Å². The van der Waals surface area contributed by atoms with Crippen LogP contribution in [0.15, 0.2) is 12.1 Å². The summed E-state index contributed by atoms with van der Waals surface area (Å²) in [6.45, 7) is 3.06. The summed E-state index contributed by atoms with van der Waals surface area (Å²) in [6.07, 6.45) is -7.38. The first-order chi connectivity index (χ1) is 11.7. The van der Waals surface area contributed by atoms with Gasteiger partial charge in [-0.1, -0.05) is 13.8 Å². The molecular weight excluding hydrogens is 332 g/mol. The van der Waals surface area contributed by atoms with Crippen molar-refractivity contribution in [2.75, 3.05) is 6.61 Å². The normalized spacial score (nSPS) is 36.9. The van der Waals surface area contributed by atoms with Crippen LogP contribution in [0.25, 0.3) is 0 Å². The number of aromatic hydroxyl groups is 1. The van der Waals surface area contributed by atoms with Gasteiger partial charge in [0.15, 0.2) is 0 Å². The minimum Gasteiger partial charge on any atom is -0.508 e. The van der Waals surface area contributed by atoms with Crippen LogP contribution in [0.2, 0.25) is 0 Å². The third kappa shape index (κ3) is 2.88. The second-order valence-electron chi connectivity index (χ2n) is 7.19. The number of fused-ring (bicyclic) bond motifs is 1. The molecule has 2 aliphatic rings. The molecule has 0 aromatic heterocycles. The van der Waals surface area contributed by atoms with E-state index < -0.39 is 48.8 Å². The van der Waals surface area contributed by atoms with Gasteiger partial charge in [0, 0.05) is 23.0 Å². The Bertz CT molecular complexity index is 644. The largest absolute Gasteiger partial charge is 0.508 e. The van der Waals surface area contributed by atoms with E-state index in [0.29, 0.717) is 16.9 Å². The number of hydrogen-bond donors (Lipinski definition) is 6. The van der Waals surface area contributed by atoms with E-state index in [1.54, 1.807) is 13.8 Å². The highest BCUT2D eigenvalue weighted by molar-refractivity contribution is 5.55. The Morgan fingerprint density at radius 1 is 1.12 bits per heavy atom. The quantitative estimate of drug-likeness (QED) is 0.395. The first-order valence-corrected chi connectivity index (χ1v) is 8.19. The van der Waals surface area contributed by atoms with Gasteiger partial charge in [0.05, 0.1) is 12.7 Å². The molecule has 8 heteroatoms. The van der Waals surface area contributed by atoms with Crippen LogP contribution in [-0.2, 0) is 16.6 Å². The van der Waals surface area contributed by atoms with Crippen molar-refractivity contribution in [3.05, 3.63) is 23.3 Å². The van der Waals surface area contributed by atoms with Gasteiger partial charge in [-0.2, -0.15) is 0 Å². The summed E-state index contributed by atoms with van der Waals surface area (Å²) in [6, 6.07) is 2.92. The predicted octanol–water partition coefficient (Wildman–Crippen LogP) is -1.23. The van der Waals surface area contributed by atoms with Crippen molar-refractivity contribution in [3.63, 3.8) is 0 Å². The van der Waals surface area contributed by atoms with Gasteiger partial charge in [-0.15, -0.1) is 0 Å². The van der Waals surface area contributed by atoms with Crippen LogP contribution in [0.3, 0.4) is 0 Å². The summed E-state index contributed by atoms with van der Waals surface area (Å²) in [5, 5.41) is 59.5. The van der Waals surface area contributed by atoms with E-state index in [-0.39, 0.29) is 12.2 Å². The summed E-state index contributed by atoms with van der Waals surface area (Å²) in [4.78, 5) is 0. The van der Waals surface area contributed by atoms with Crippen LogP contribution in [0.4, 0.5) is 0 Å². The lowest BCUT2D eigenvalue weighted by Gasteiger charge is -2.39. The summed E-state index contributed by atoms with van der Waals surface area (Å²) >= 11 is 0.